The van der Waals surface area contributed by atoms with E-state index in [0.717, 1.165) is 19.3 Å². The number of ether oxygens (including phenoxy) is 2. The fourth-order valence-electron chi connectivity index (χ4n) is 8.53. The number of carbonyl (C=O) groups is 3. The third kappa shape index (κ3) is 4.37. The van der Waals surface area contributed by atoms with Crippen molar-refractivity contribution in [1.29, 1.82) is 0 Å². The molecule has 9 nitrogen and oxygen atoms in total. The second kappa shape index (κ2) is 10.9. The van der Waals surface area contributed by atoms with Crippen LogP contribution in [0.1, 0.15) is 77.1 Å². The van der Waals surface area contributed by atoms with Crippen LogP contribution in [-0.4, -0.2) is 73.8 Å². The van der Waals surface area contributed by atoms with Crippen LogP contribution in [-0.2, 0) is 19.1 Å². The van der Waals surface area contributed by atoms with E-state index in [9.17, 15) is 34.8 Å². The molecule has 0 aliphatic heterocycles. The van der Waals surface area contributed by atoms with Crippen LogP contribution < -0.4 is 0 Å². The molecule has 0 radical (unpaired) electrons. The average molecular weight is 597 g/mol. The molecular formula is C34H44O9. The van der Waals surface area contributed by atoms with Crippen molar-refractivity contribution in [3.63, 3.8) is 0 Å². The molecule has 4 aliphatic rings. The second-order valence-corrected chi connectivity index (χ2v) is 13.5. The number of unbranched alkanes of at least 4 members (excludes halogenated alkanes) is 3. The van der Waals surface area contributed by atoms with Crippen LogP contribution in [0.25, 0.3) is 0 Å². The molecule has 234 valence electrons. The summed E-state index contributed by atoms with van der Waals surface area (Å²) in [6, 6.07) is 8.38. The Balaban J connectivity index is 1.65. The summed E-state index contributed by atoms with van der Waals surface area (Å²) in [7, 11) is 0. The molecule has 9 heteroatoms. The number of fused-ring (bicyclic) bond motifs is 5. The molecule has 0 aromatic heterocycles. The highest BCUT2D eigenvalue weighted by Gasteiger charge is 2.88. The summed E-state index contributed by atoms with van der Waals surface area (Å²) in [5.74, 6) is -5.62. The number of hydrogen-bond acceptors (Lipinski definition) is 9. The lowest BCUT2D eigenvalue weighted by molar-refractivity contribution is -0.225. The van der Waals surface area contributed by atoms with Gasteiger partial charge in [-0.05, 0) is 36.6 Å². The van der Waals surface area contributed by atoms with E-state index in [1.54, 1.807) is 37.3 Å². The summed E-state index contributed by atoms with van der Waals surface area (Å²) >= 11 is 0. The molecule has 0 saturated heterocycles. The Kier molecular flexibility index (Phi) is 8.04. The van der Waals surface area contributed by atoms with Crippen molar-refractivity contribution < 1.29 is 44.3 Å². The Labute approximate surface area is 252 Å². The molecule has 0 amide bonds. The van der Waals surface area contributed by atoms with Gasteiger partial charge in [-0.25, -0.2) is 4.79 Å². The van der Waals surface area contributed by atoms with E-state index in [4.69, 9.17) is 9.47 Å². The minimum Gasteiger partial charge on any atom is -0.454 e. The van der Waals surface area contributed by atoms with E-state index in [-0.39, 0.29) is 23.1 Å². The number of aliphatic hydroxyl groups is 4. The summed E-state index contributed by atoms with van der Waals surface area (Å²) in [5, 5.41) is 46.4. The van der Waals surface area contributed by atoms with Gasteiger partial charge in [-0.2, -0.15) is 0 Å². The van der Waals surface area contributed by atoms with Gasteiger partial charge in [-0.1, -0.05) is 77.3 Å². The fourth-order valence-corrected chi connectivity index (χ4v) is 8.53. The van der Waals surface area contributed by atoms with Gasteiger partial charge in [0.2, 0.25) is 0 Å². The first-order chi connectivity index (χ1) is 20.2. The maximum absolute atomic E-state index is 13.5. The molecule has 2 fully saturated rings. The van der Waals surface area contributed by atoms with Crippen LogP contribution in [0.3, 0.4) is 0 Å². The Morgan fingerprint density at radius 1 is 1.02 bits per heavy atom. The van der Waals surface area contributed by atoms with Crippen molar-refractivity contribution in [3.8, 4) is 0 Å². The zero-order valence-electron chi connectivity index (χ0n) is 25.6. The molecule has 4 N–H and O–H groups in total. The largest absolute Gasteiger partial charge is 0.454 e. The zero-order valence-corrected chi connectivity index (χ0v) is 25.6. The molecule has 1 aromatic carbocycles. The first kappa shape index (κ1) is 31.6. The van der Waals surface area contributed by atoms with Gasteiger partial charge in [0.1, 0.15) is 12.2 Å². The smallest absolute Gasteiger partial charge is 0.338 e. The maximum Gasteiger partial charge on any atom is 0.338 e. The zero-order chi connectivity index (χ0) is 31.5. The van der Waals surface area contributed by atoms with Gasteiger partial charge in [0.25, 0.3) is 0 Å². The van der Waals surface area contributed by atoms with Gasteiger partial charge in [0, 0.05) is 35.5 Å². The van der Waals surface area contributed by atoms with E-state index in [1.807, 2.05) is 13.8 Å². The van der Waals surface area contributed by atoms with Gasteiger partial charge in [0.15, 0.2) is 17.0 Å². The van der Waals surface area contributed by atoms with Crippen LogP contribution in [0.5, 0.6) is 0 Å². The van der Waals surface area contributed by atoms with E-state index >= 15 is 0 Å². The minimum absolute atomic E-state index is 0.000650. The van der Waals surface area contributed by atoms with Crippen LogP contribution in [0.2, 0.25) is 0 Å². The first-order valence-corrected chi connectivity index (χ1v) is 15.4. The van der Waals surface area contributed by atoms with Crippen LogP contribution in [0, 0.1) is 29.1 Å². The predicted molar refractivity (Wildman–Crippen MR) is 156 cm³/mol. The third-order valence-corrected chi connectivity index (χ3v) is 10.9. The van der Waals surface area contributed by atoms with Gasteiger partial charge in [0.05, 0.1) is 17.8 Å². The fraction of sp³-hybridized carbons (Fsp3) is 0.618. The quantitative estimate of drug-likeness (QED) is 0.191. The van der Waals surface area contributed by atoms with Crippen molar-refractivity contribution >= 4 is 17.7 Å². The summed E-state index contributed by atoms with van der Waals surface area (Å²) in [4.78, 5) is 40.3. The monoisotopic (exact) mass is 596 g/mol. The molecule has 0 heterocycles. The highest BCUT2D eigenvalue weighted by Crippen LogP contribution is 2.77. The molecule has 0 bridgehead atoms. The molecular weight excluding hydrogens is 552 g/mol. The van der Waals surface area contributed by atoms with Gasteiger partial charge >= 0.3 is 11.9 Å². The molecule has 0 unspecified atom stereocenters. The van der Waals surface area contributed by atoms with Crippen molar-refractivity contribution in [3.05, 3.63) is 59.2 Å². The number of benzene rings is 1. The molecule has 4 aliphatic carbocycles. The van der Waals surface area contributed by atoms with Crippen molar-refractivity contribution in [2.45, 2.75) is 95.7 Å². The van der Waals surface area contributed by atoms with Crippen LogP contribution >= 0.6 is 0 Å². The number of ketones is 1. The van der Waals surface area contributed by atoms with E-state index in [0.29, 0.717) is 6.42 Å². The molecule has 43 heavy (non-hydrogen) atoms. The second-order valence-electron chi connectivity index (χ2n) is 13.5. The summed E-state index contributed by atoms with van der Waals surface area (Å²) in [5.41, 5.74) is -6.10. The summed E-state index contributed by atoms with van der Waals surface area (Å²) in [6.45, 7) is 8.35. The van der Waals surface area contributed by atoms with Gasteiger partial charge in [-0.3, -0.25) is 9.59 Å². The molecule has 1 aromatic rings. The number of hydrogen-bond donors (Lipinski definition) is 4. The van der Waals surface area contributed by atoms with Gasteiger partial charge < -0.3 is 29.9 Å². The summed E-state index contributed by atoms with van der Waals surface area (Å²) < 4.78 is 12.6. The van der Waals surface area contributed by atoms with Gasteiger partial charge in [-0.15, -0.1) is 0 Å². The lowest BCUT2D eigenvalue weighted by atomic mass is 9.58. The Hall–Kier alpha value is -2.85. The number of carbonyl (C=O) groups excluding carboxylic acids is 3. The molecule has 5 rings (SSSR count). The lowest BCUT2D eigenvalue weighted by Gasteiger charge is -2.53. The molecule has 9 atom stereocenters. The highest BCUT2D eigenvalue weighted by molar-refractivity contribution is 6.05. The normalized spacial score (nSPS) is 39.0. The van der Waals surface area contributed by atoms with Crippen molar-refractivity contribution in [1.82, 2.24) is 0 Å². The highest BCUT2D eigenvalue weighted by atomic mass is 16.6. The lowest BCUT2D eigenvalue weighted by Crippen LogP contribution is -2.67. The number of aliphatic hydroxyl groups excluding tert-OH is 2. The Morgan fingerprint density at radius 2 is 1.70 bits per heavy atom. The SMILES string of the molecule is CCCCCCC(=O)O[C@@]12[C@H](OC(=O)c3ccccc3)[C@@H](C)[C@]3(O)[C@@H]4C=C(C)C(=O)[C@@]4(O)[C@H](O)C(CO)=C[C@H]3[C@@H]1C2(C)C. The van der Waals surface area contributed by atoms with E-state index < -0.39 is 82.4 Å². The van der Waals surface area contributed by atoms with E-state index in [1.165, 1.54) is 19.1 Å². The minimum atomic E-state index is -2.45. The topological polar surface area (TPSA) is 151 Å². The number of esters is 2. The van der Waals surface area contributed by atoms with Crippen LogP contribution in [0.4, 0.5) is 0 Å². The Morgan fingerprint density at radius 3 is 2.33 bits per heavy atom. The maximum atomic E-state index is 13.5. The van der Waals surface area contributed by atoms with Crippen LogP contribution in [0.15, 0.2) is 53.6 Å². The number of Topliss-reactive ketones (excluding diaryl/α,β-unsaturated/α-hetero) is 1. The number of rotatable bonds is 9. The standard InChI is InChI=1S/C34H44O9/c1-6-7-8-12-15-25(36)43-34-26(31(34,4)5)23-17-22(18-35)28(38)33(41)24(16-19(2)27(33)37)32(23,40)20(3)29(34)42-30(39)21-13-10-9-11-14-21/h9-11,13-14,16-17,20,23-24,26,28-29,35,38,40-41H,6-8,12,15,18H2,1-5H3/t20-,23+,24+,26-,28-,29-,32-,33-,34-/m1/s1. The summed E-state index contributed by atoms with van der Waals surface area (Å²) in [6.07, 6.45) is 3.77. The average Bonchev–Trinajstić information content (AvgIpc) is 3.38. The van der Waals surface area contributed by atoms with E-state index in [2.05, 4.69) is 6.92 Å². The van der Waals surface area contributed by atoms with Crippen molar-refractivity contribution in [2.75, 3.05) is 6.61 Å². The molecule has 2 saturated carbocycles. The predicted octanol–water partition coefficient (Wildman–Crippen LogP) is 3.29. The molecule has 0 spiro atoms. The van der Waals surface area contributed by atoms with Crippen molar-refractivity contribution in [2.24, 2.45) is 29.1 Å². The third-order valence-electron chi connectivity index (χ3n) is 10.9. The first-order valence-electron chi connectivity index (χ1n) is 15.4. The Bertz CT molecular complexity index is 1350.